The fourth-order valence-corrected chi connectivity index (χ4v) is 2.58. The van der Waals surface area contributed by atoms with E-state index in [1.807, 2.05) is 46.2 Å². The Morgan fingerprint density at radius 2 is 1.59 bits per heavy atom. The Balaban J connectivity index is 2.29. The predicted molar refractivity (Wildman–Crippen MR) is 85.2 cm³/mol. The largest absolute Gasteiger partial charge is 0.498 e. The molecular formula is C15H27BN2O4. The van der Waals surface area contributed by atoms with Crippen LogP contribution in [-0.2, 0) is 25.3 Å². The molecule has 1 fully saturated rings. The van der Waals surface area contributed by atoms with Crippen LogP contribution >= 0.6 is 0 Å². The molecule has 0 unspecified atom stereocenters. The summed E-state index contributed by atoms with van der Waals surface area (Å²) in [7, 11) is 2.84. The zero-order valence-electron chi connectivity index (χ0n) is 14.9. The van der Waals surface area contributed by atoms with Crippen molar-refractivity contribution in [3.05, 3.63) is 11.4 Å². The predicted octanol–water partition coefficient (Wildman–Crippen LogP) is 1.42. The van der Waals surface area contributed by atoms with Crippen molar-refractivity contribution in [1.82, 2.24) is 9.78 Å². The normalized spacial score (nSPS) is 20.1. The van der Waals surface area contributed by atoms with E-state index in [1.54, 1.807) is 14.2 Å². The van der Waals surface area contributed by atoms with Crippen LogP contribution in [0.2, 0.25) is 0 Å². The summed E-state index contributed by atoms with van der Waals surface area (Å²) in [5.41, 5.74) is 2.18. The van der Waals surface area contributed by atoms with E-state index in [0.29, 0.717) is 6.54 Å². The molecule has 0 radical (unpaired) electrons. The van der Waals surface area contributed by atoms with E-state index in [0.717, 1.165) is 16.9 Å². The van der Waals surface area contributed by atoms with Crippen LogP contribution in [0, 0.1) is 13.8 Å². The highest BCUT2D eigenvalue weighted by atomic mass is 16.7. The lowest BCUT2D eigenvalue weighted by Gasteiger charge is -2.32. The van der Waals surface area contributed by atoms with E-state index >= 15 is 0 Å². The maximum Gasteiger partial charge on any atom is 0.498 e. The molecule has 0 N–H and O–H groups in total. The summed E-state index contributed by atoms with van der Waals surface area (Å²) >= 11 is 0. The van der Waals surface area contributed by atoms with Gasteiger partial charge in [-0.25, -0.2) is 0 Å². The topological polar surface area (TPSA) is 54.7 Å². The number of aryl methyl sites for hydroxylation is 1. The van der Waals surface area contributed by atoms with Crippen LogP contribution in [0.15, 0.2) is 0 Å². The summed E-state index contributed by atoms with van der Waals surface area (Å²) in [5.74, 6) is 0. The Kier molecular flexibility index (Phi) is 4.73. The van der Waals surface area contributed by atoms with Crippen molar-refractivity contribution < 1.29 is 18.8 Å². The third-order valence-electron chi connectivity index (χ3n) is 4.77. The Labute approximate surface area is 133 Å². The Morgan fingerprint density at radius 1 is 1.09 bits per heavy atom. The highest BCUT2D eigenvalue weighted by Crippen LogP contribution is 2.36. The molecule has 0 amide bonds. The van der Waals surface area contributed by atoms with Gasteiger partial charge >= 0.3 is 7.12 Å². The first-order chi connectivity index (χ1) is 10.1. The van der Waals surface area contributed by atoms with Crippen LogP contribution in [0.25, 0.3) is 0 Å². The molecule has 0 aliphatic carbocycles. The van der Waals surface area contributed by atoms with Crippen molar-refractivity contribution in [3.8, 4) is 0 Å². The molecule has 1 aliphatic rings. The van der Waals surface area contributed by atoms with Crippen LogP contribution in [0.5, 0.6) is 0 Å². The number of aromatic nitrogens is 2. The van der Waals surface area contributed by atoms with Gasteiger partial charge in [-0.05, 0) is 41.5 Å². The number of rotatable bonds is 5. The standard InChI is InChI=1S/C15H27BN2O4/c1-10-13(16-21-14(3,4)15(5,6)22-16)11(2)18(17-10)9-12(19-7)20-8/h12H,9H2,1-8H3. The molecule has 0 bridgehead atoms. The molecule has 2 heterocycles. The van der Waals surface area contributed by atoms with E-state index in [-0.39, 0.29) is 17.5 Å². The molecule has 7 heteroatoms. The lowest BCUT2D eigenvalue weighted by Crippen LogP contribution is -2.41. The molecule has 6 nitrogen and oxygen atoms in total. The van der Waals surface area contributed by atoms with Crippen LogP contribution in [0.4, 0.5) is 0 Å². The lowest BCUT2D eigenvalue weighted by molar-refractivity contribution is -0.112. The molecule has 2 rings (SSSR count). The van der Waals surface area contributed by atoms with E-state index < -0.39 is 7.12 Å². The van der Waals surface area contributed by atoms with Gasteiger partial charge in [-0.1, -0.05) is 0 Å². The lowest BCUT2D eigenvalue weighted by atomic mass is 9.77. The number of nitrogens with zero attached hydrogens (tertiary/aromatic N) is 2. The second kappa shape index (κ2) is 5.96. The molecule has 22 heavy (non-hydrogen) atoms. The second-order valence-corrected chi connectivity index (χ2v) is 6.76. The molecule has 124 valence electrons. The maximum absolute atomic E-state index is 6.14. The van der Waals surface area contributed by atoms with E-state index in [9.17, 15) is 0 Å². The molecule has 0 atom stereocenters. The van der Waals surface area contributed by atoms with Gasteiger partial charge in [0.1, 0.15) is 0 Å². The Morgan fingerprint density at radius 3 is 2.05 bits per heavy atom. The maximum atomic E-state index is 6.14. The third-order valence-corrected chi connectivity index (χ3v) is 4.77. The zero-order chi connectivity index (χ0) is 16.7. The van der Waals surface area contributed by atoms with Crippen molar-refractivity contribution in [3.63, 3.8) is 0 Å². The van der Waals surface area contributed by atoms with Crippen molar-refractivity contribution in [2.75, 3.05) is 14.2 Å². The quantitative estimate of drug-likeness (QED) is 0.608. The van der Waals surface area contributed by atoms with Gasteiger partial charge in [-0.2, -0.15) is 5.10 Å². The van der Waals surface area contributed by atoms with Gasteiger partial charge in [-0.3, -0.25) is 4.68 Å². The highest BCUT2D eigenvalue weighted by molar-refractivity contribution is 6.63. The van der Waals surface area contributed by atoms with Crippen molar-refractivity contribution >= 4 is 12.6 Å². The molecule has 1 aromatic heterocycles. The first-order valence-corrected chi connectivity index (χ1v) is 7.58. The summed E-state index contributed by atoms with van der Waals surface area (Å²) in [6.07, 6.45) is -0.329. The second-order valence-electron chi connectivity index (χ2n) is 6.76. The van der Waals surface area contributed by atoms with Crippen LogP contribution in [0.1, 0.15) is 39.1 Å². The van der Waals surface area contributed by atoms with Gasteiger partial charge in [0.05, 0.1) is 23.4 Å². The Bertz CT molecular complexity index is 522. The Hall–Kier alpha value is -0.885. The minimum absolute atomic E-state index is 0.329. The van der Waals surface area contributed by atoms with Crippen molar-refractivity contribution in [2.24, 2.45) is 0 Å². The van der Waals surface area contributed by atoms with Gasteiger partial charge in [0.25, 0.3) is 0 Å². The van der Waals surface area contributed by atoms with Crippen LogP contribution in [-0.4, -0.2) is 48.6 Å². The fraction of sp³-hybridized carbons (Fsp3) is 0.800. The van der Waals surface area contributed by atoms with Crippen LogP contribution < -0.4 is 5.46 Å². The summed E-state index contributed by atoms with van der Waals surface area (Å²) < 4.78 is 24.7. The smallest absolute Gasteiger partial charge is 0.399 e. The van der Waals surface area contributed by atoms with Crippen molar-refractivity contribution in [2.45, 2.75) is 65.6 Å². The zero-order valence-corrected chi connectivity index (χ0v) is 14.9. The highest BCUT2D eigenvalue weighted by Gasteiger charge is 2.53. The molecule has 0 saturated carbocycles. The van der Waals surface area contributed by atoms with E-state index in [1.165, 1.54) is 0 Å². The molecular weight excluding hydrogens is 283 g/mol. The van der Waals surface area contributed by atoms with E-state index in [4.69, 9.17) is 18.8 Å². The average molecular weight is 310 g/mol. The first kappa shape index (κ1) is 17.5. The average Bonchev–Trinajstić information content (AvgIpc) is 2.79. The minimum atomic E-state index is -0.401. The molecule has 0 aromatic carbocycles. The minimum Gasteiger partial charge on any atom is -0.399 e. The summed E-state index contributed by atoms with van der Waals surface area (Å²) in [6.45, 7) is 12.7. The number of methoxy groups -OCH3 is 2. The van der Waals surface area contributed by atoms with Gasteiger partial charge in [0.2, 0.25) is 0 Å². The summed E-state index contributed by atoms with van der Waals surface area (Å²) in [6, 6.07) is 0. The molecule has 1 saturated heterocycles. The first-order valence-electron chi connectivity index (χ1n) is 7.58. The summed E-state index contributed by atoms with van der Waals surface area (Å²) in [5, 5.41) is 4.58. The van der Waals surface area contributed by atoms with Gasteiger partial charge in [0.15, 0.2) is 6.29 Å². The van der Waals surface area contributed by atoms with Crippen LogP contribution in [0.3, 0.4) is 0 Å². The van der Waals surface area contributed by atoms with E-state index in [2.05, 4.69) is 5.10 Å². The fourth-order valence-electron chi connectivity index (χ4n) is 2.58. The number of ether oxygens (including phenoxy) is 2. The van der Waals surface area contributed by atoms with Gasteiger partial charge in [-0.15, -0.1) is 0 Å². The SMILES string of the molecule is COC(Cn1nc(C)c(B2OC(C)(C)C(C)(C)O2)c1C)OC. The summed E-state index contributed by atoms with van der Waals surface area (Å²) in [4.78, 5) is 0. The molecule has 1 aromatic rings. The third kappa shape index (κ3) is 2.95. The van der Waals surface area contributed by atoms with Gasteiger partial charge < -0.3 is 18.8 Å². The van der Waals surface area contributed by atoms with Crippen molar-refractivity contribution in [1.29, 1.82) is 0 Å². The molecule has 1 aliphatic heterocycles. The monoisotopic (exact) mass is 310 g/mol. The number of hydrogen-bond acceptors (Lipinski definition) is 5. The number of hydrogen-bond donors (Lipinski definition) is 0. The molecule has 0 spiro atoms. The van der Waals surface area contributed by atoms with Gasteiger partial charge in [0, 0.05) is 25.4 Å².